The number of ether oxygens (including phenoxy) is 1. The van der Waals surface area contributed by atoms with Crippen LogP contribution in [0.3, 0.4) is 0 Å². The smallest absolute Gasteiger partial charge is 0.301 e. The van der Waals surface area contributed by atoms with Gasteiger partial charge in [0, 0.05) is 56.2 Å². The third-order valence-electron chi connectivity index (χ3n) is 15.1. The predicted molar refractivity (Wildman–Crippen MR) is 275 cm³/mol. The van der Waals surface area contributed by atoms with Crippen LogP contribution < -0.4 is 31.1 Å². The lowest BCUT2D eigenvalue weighted by Gasteiger charge is -2.50. The third kappa shape index (κ3) is 5.42. The summed E-state index contributed by atoms with van der Waals surface area (Å²) in [6, 6.07) is 14.4. The zero-order chi connectivity index (χ0) is 56.4. The highest BCUT2D eigenvalue weighted by atomic mass is 16.5. The van der Waals surface area contributed by atoms with E-state index < -0.39 is 71.6 Å². The molecule has 5 heterocycles. The van der Waals surface area contributed by atoms with E-state index in [1.807, 2.05) is 62.1 Å². The molecule has 6 heteroatoms. The summed E-state index contributed by atoms with van der Waals surface area (Å²) in [6.45, 7) is 15.6. The molecular weight excluding hydrogens is 807 g/mol. The van der Waals surface area contributed by atoms with Gasteiger partial charge in [-0.2, -0.15) is 0 Å². The van der Waals surface area contributed by atoms with Crippen molar-refractivity contribution in [3.05, 3.63) is 156 Å². The van der Waals surface area contributed by atoms with Crippen molar-refractivity contribution in [3.8, 4) is 22.6 Å². The number of nitrogens with zero attached hydrogens (tertiary/aromatic N) is 2. The summed E-state index contributed by atoms with van der Waals surface area (Å²) in [6.07, 6.45) is 3.90. The zero-order valence-corrected chi connectivity index (χ0v) is 38.3. The summed E-state index contributed by atoms with van der Waals surface area (Å²) in [4.78, 5) is 4.33. The second-order valence-electron chi connectivity index (χ2n) is 21.0. The normalized spacial score (nSPS) is 22.5. The Balaban J connectivity index is 1.22. The molecule has 1 aliphatic carbocycles. The molecule has 0 radical (unpaired) electrons. The summed E-state index contributed by atoms with van der Waals surface area (Å²) in [5.41, 5.74) is 3.62. The molecular formula is C60H55BN2O3. The lowest BCUT2D eigenvalue weighted by Crippen LogP contribution is -2.59. The van der Waals surface area contributed by atoms with E-state index in [2.05, 4.69) is 63.8 Å². The third-order valence-corrected chi connectivity index (χ3v) is 15.1. The van der Waals surface area contributed by atoms with Crippen LogP contribution in [0.15, 0.2) is 148 Å². The van der Waals surface area contributed by atoms with Crippen molar-refractivity contribution in [2.75, 3.05) is 9.80 Å². The first-order valence-corrected chi connectivity index (χ1v) is 22.9. The molecule has 4 aliphatic rings. The molecule has 9 aromatic rings. The van der Waals surface area contributed by atoms with Crippen molar-refractivity contribution in [1.29, 1.82) is 0 Å². The van der Waals surface area contributed by atoms with Crippen molar-refractivity contribution >= 4 is 84.6 Å². The van der Waals surface area contributed by atoms with Gasteiger partial charge in [-0.3, -0.25) is 0 Å². The second-order valence-corrected chi connectivity index (χ2v) is 21.0. The predicted octanol–water partition coefficient (Wildman–Crippen LogP) is 14.7. The number of furan rings is 2. The van der Waals surface area contributed by atoms with Crippen LogP contribution >= 0.6 is 0 Å². The van der Waals surface area contributed by atoms with E-state index in [0.29, 0.717) is 28.2 Å². The summed E-state index contributed by atoms with van der Waals surface area (Å²) in [5.74, 6) is 0.512. The van der Waals surface area contributed by atoms with Gasteiger partial charge >= 0.3 is 6.71 Å². The highest BCUT2D eigenvalue weighted by Crippen LogP contribution is 2.61. The number of anilines is 5. The molecule has 0 N–H and O–H groups in total. The fraction of sp³-hybridized carbons (Fsp3) is 0.267. The molecule has 2 atom stereocenters. The maximum Gasteiger partial charge on any atom is 0.301 e. The minimum atomic E-state index is -1.09. The number of rotatable bonds is 3. The van der Waals surface area contributed by atoms with Crippen molar-refractivity contribution in [2.24, 2.45) is 0 Å². The van der Waals surface area contributed by atoms with Gasteiger partial charge in [0.05, 0.1) is 28.7 Å². The molecule has 0 saturated heterocycles. The first-order chi connectivity index (χ1) is 37.1. The van der Waals surface area contributed by atoms with Crippen LogP contribution in [0.5, 0.6) is 11.5 Å². The van der Waals surface area contributed by atoms with E-state index in [1.54, 1.807) is 0 Å². The number of para-hydroxylation sites is 1. The molecule has 2 aromatic heterocycles. The summed E-state index contributed by atoms with van der Waals surface area (Å²) in [7, 11) is 0. The van der Waals surface area contributed by atoms with E-state index in [-0.39, 0.29) is 102 Å². The van der Waals surface area contributed by atoms with Crippen molar-refractivity contribution < 1.29 is 31.4 Å². The Bertz CT molecular complexity index is 4230. The fourth-order valence-corrected chi connectivity index (χ4v) is 11.5. The maximum atomic E-state index is 10.8. The Hall–Kier alpha value is -6.66. The Morgan fingerprint density at radius 1 is 0.652 bits per heavy atom. The van der Waals surface area contributed by atoms with E-state index in [4.69, 9.17) is 21.8 Å². The van der Waals surface area contributed by atoms with Gasteiger partial charge in [0.1, 0.15) is 28.2 Å². The average Bonchev–Trinajstić information content (AvgIpc) is 2.68. The first-order valence-electron chi connectivity index (χ1n) is 29.4. The van der Waals surface area contributed by atoms with Crippen molar-refractivity contribution in [2.45, 2.75) is 103 Å². The number of benzene rings is 7. The summed E-state index contributed by atoms with van der Waals surface area (Å²) in [5, 5.41) is -0.0201. The van der Waals surface area contributed by atoms with Gasteiger partial charge in [-0.15, -0.1) is 0 Å². The van der Waals surface area contributed by atoms with Crippen LogP contribution in [-0.4, -0.2) is 12.3 Å². The minimum absolute atomic E-state index is 0.0376. The van der Waals surface area contributed by atoms with E-state index in [0.717, 1.165) is 42.6 Å². The second kappa shape index (κ2) is 13.5. The molecule has 66 heavy (non-hydrogen) atoms. The zero-order valence-electron chi connectivity index (χ0n) is 51.3. The quantitative estimate of drug-likeness (QED) is 0.165. The first kappa shape index (κ1) is 28.4. The average molecular weight is 876 g/mol. The molecule has 0 amide bonds. The lowest BCUT2D eigenvalue weighted by atomic mass is 9.36. The van der Waals surface area contributed by atoms with Crippen LogP contribution in [0.25, 0.3) is 44.0 Å². The van der Waals surface area contributed by atoms with Crippen LogP contribution in [0.1, 0.15) is 116 Å². The summed E-state index contributed by atoms with van der Waals surface area (Å²) < 4.78 is 142. The van der Waals surface area contributed by atoms with Gasteiger partial charge in [-0.25, -0.2) is 0 Å². The molecule has 326 valence electrons. The number of fused-ring (bicyclic) bond motifs is 12. The molecule has 0 spiro atoms. The fourth-order valence-electron chi connectivity index (χ4n) is 11.5. The minimum Gasteiger partial charge on any atom is -0.466 e. The summed E-state index contributed by atoms with van der Waals surface area (Å²) >= 11 is 0. The lowest BCUT2D eigenvalue weighted by molar-refractivity contribution is 0.195. The van der Waals surface area contributed by atoms with Gasteiger partial charge < -0.3 is 23.4 Å². The van der Waals surface area contributed by atoms with Crippen molar-refractivity contribution in [3.63, 3.8) is 0 Å². The molecule has 3 aliphatic heterocycles. The highest BCUT2D eigenvalue weighted by molar-refractivity contribution is 6.99. The molecule has 1 saturated carbocycles. The highest BCUT2D eigenvalue weighted by Gasteiger charge is 2.58. The molecule has 2 unspecified atom stereocenters. The monoisotopic (exact) mass is 876 g/mol. The standard InChI is InChI=1S/C60H55BN2O3/c1-57(2,3)37-23-26-39(27-24-37)62-47-34-42-51(64-50-22-16-19-41(53(42)50)36-17-10-9-11-18-36)35-45(47)61-54-48(62)32-40(63-46-21-13-12-20-44(46)59(7)29-14-15-30-60(59,63)8)33-52(54)65-55-43-31-38(58(4,5)6)25-28-49(43)66-56(55)61/h9-13,16-28,31-35H,14-15,29-30H2,1-8H3/i9D,10D,11D,16D,17D,18D,19D,22D,25D,28D,31D,34D,35D. The largest absolute Gasteiger partial charge is 0.466 e. The van der Waals surface area contributed by atoms with Crippen LogP contribution in [0.2, 0.25) is 0 Å². The number of hydrogen-bond donors (Lipinski definition) is 0. The Morgan fingerprint density at radius 3 is 2.21 bits per heavy atom. The molecule has 7 aromatic carbocycles. The van der Waals surface area contributed by atoms with E-state index in [1.165, 1.54) is 5.56 Å². The SMILES string of the molecule is [2H]c1c([2H])c([2H])c(-c2c([2H])c([2H])c([2H])c3oc4c([2H])c5c(c([2H])c4c23)N(c2ccc(C(C)(C)C)cc2)c2cc(N3c4ccccc4C4(C)CCCCC34C)cc3c2B5c2oc4c([2H])c([2H])c(C(C)(C)C)c([2H])c4c2O3)c([2H])c1[2H]. The molecule has 1 fully saturated rings. The van der Waals surface area contributed by atoms with Crippen molar-refractivity contribution in [1.82, 2.24) is 0 Å². The number of hydrogen-bond acceptors (Lipinski definition) is 5. The van der Waals surface area contributed by atoms with Gasteiger partial charge in [0.2, 0.25) is 0 Å². The molecule has 0 bridgehead atoms. The van der Waals surface area contributed by atoms with Crippen LogP contribution in [0, 0.1) is 0 Å². The molecule has 13 rings (SSSR count). The Morgan fingerprint density at radius 2 is 1.42 bits per heavy atom. The Labute approximate surface area is 406 Å². The maximum absolute atomic E-state index is 10.8. The van der Waals surface area contributed by atoms with Gasteiger partial charge in [-0.05, 0) is 118 Å². The van der Waals surface area contributed by atoms with E-state index in [9.17, 15) is 9.60 Å². The van der Waals surface area contributed by atoms with Gasteiger partial charge in [0.15, 0.2) is 5.75 Å². The van der Waals surface area contributed by atoms with E-state index >= 15 is 0 Å². The van der Waals surface area contributed by atoms with Gasteiger partial charge in [0.25, 0.3) is 0 Å². The molecule has 5 nitrogen and oxygen atoms in total. The van der Waals surface area contributed by atoms with Gasteiger partial charge in [-0.1, -0.05) is 140 Å². The topological polar surface area (TPSA) is 42.0 Å². The van der Waals surface area contributed by atoms with Crippen LogP contribution in [0.4, 0.5) is 28.4 Å². The Kier molecular flexibility index (Phi) is 5.80. The van der Waals surface area contributed by atoms with Crippen LogP contribution in [-0.2, 0) is 16.2 Å².